The molecular formula is C10H12N5O7P. The number of anilines is 1. The summed E-state index contributed by atoms with van der Waals surface area (Å²) in [5.41, 5.74) is 5.14. The number of aliphatic hydroxyl groups excluding tert-OH is 1. The summed E-state index contributed by atoms with van der Waals surface area (Å²) in [5.74, 6) is -0.117. The summed E-state index contributed by atoms with van der Waals surface area (Å²) >= 11 is 0. The molecule has 2 saturated heterocycles. The van der Waals surface area contributed by atoms with Gasteiger partial charge in [0.05, 0.1) is 12.9 Å². The Morgan fingerprint density at radius 3 is 2.91 bits per heavy atom. The number of hydrogen-bond donors (Lipinski definition) is 4. The predicted octanol–water partition coefficient (Wildman–Crippen LogP) is -1.52. The largest absolute Gasteiger partial charge is 0.473 e. The van der Waals surface area contributed by atoms with E-state index in [-0.39, 0.29) is 17.1 Å². The smallest absolute Gasteiger partial charge is 0.394 e. The van der Waals surface area contributed by atoms with Crippen LogP contribution in [0.1, 0.15) is 6.23 Å². The number of aromatic amines is 1. The van der Waals surface area contributed by atoms with Crippen molar-refractivity contribution in [2.45, 2.75) is 24.5 Å². The number of nitrogen functional groups attached to an aromatic ring is 1. The number of ether oxygens (including phenoxy) is 1. The molecular weight excluding hydrogens is 338 g/mol. The molecule has 4 heterocycles. The molecule has 23 heavy (non-hydrogen) atoms. The molecule has 0 spiro atoms. The average Bonchev–Trinajstić information content (AvgIpc) is 3.09. The van der Waals surface area contributed by atoms with Gasteiger partial charge in [-0.15, -0.1) is 0 Å². The predicted molar refractivity (Wildman–Crippen MR) is 73.1 cm³/mol. The van der Waals surface area contributed by atoms with Gasteiger partial charge in [-0.3, -0.25) is 23.4 Å². The summed E-state index contributed by atoms with van der Waals surface area (Å²) in [5, 5.41) is 9.35. The zero-order chi connectivity index (χ0) is 16.4. The molecule has 13 heteroatoms. The Hall–Kier alpha value is -1.82. The second kappa shape index (κ2) is 4.84. The van der Waals surface area contributed by atoms with E-state index in [4.69, 9.17) is 19.5 Å². The highest BCUT2D eigenvalue weighted by atomic mass is 31.2. The minimum atomic E-state index is -4.23. The van der Waals surface area contributed by atoms with Crippen LogP contribution in [-0.2, 0) is 18.3 Å². The van der Waals surface area contributed by atoms with E-state index in [9.17, 15) is 19.4 Å². The summed E-state index contributed by atoms with van der Waals surface area (Å²) in [4.78, 5) is 31.5. The van der Waals surface area contributed by atoms with Gasteiger partial charge < -0.3 is 20.5 Å². The third kappa shape index (κ3) is 2.19. The SMILES string of the molecule is Nc1nc2c(ncn2[13C@@H]2O[13C@H]([13CH2]O)[13C@H]3OP(=O)(O)O[13C@H]32)c(=O)[nH]1. The van der Waals surface area contributed by atoms with Crippen molar-refractivity contribution in [1.82, 2.24) is 19.5 Å². The normalized spacial score (nSPS) is 36.6. The lowest BCUT2D eigenvalue weighted by Crippen LogP contribution is -2.30. The number of phosphoric ester groups is 1. The summed E-state index contributed by atoms with van der Waals surface area (Å²) < 4.78 is 28.5. The lowest BCUT2D eigenvalue weighted by Gasteiger charge is -2.18. The van der Waals surface area contributed by atoms with Gasteiger partial charge in [0.25, 0.3) is 5.56 Å². The second-order valence-electron chi connectivity index (χ2n) is 5.13. The number of aromatic nitrogens is 4. The van der Waals surface area contributed by atoms with E-state index in [0.29, 0.717) is 0 Å². The van der Waals surface area contributed by atoms with Gasteiger partial charge in [0.1, 0.15) is 18.3 Å². The molecule has 0 aliphatic carbocycles. The molecule has 2 aromatic rings. The monoisotopic (exact) mass is 350 g/mol. The first-order valence-electron chi connectivity index (χ1n) is 6.58. The number of H-pyrrole nitrogens is 1. The second-order valence-corrected chi connectivity index (χ2v) is 6.49. The van der Waals surface area contributed by atoms with Crippen LogP contribution in [0.3, 0.4) is 0 Å². The Bertz CT molecular complexity index is 880. The highest BCUT2D eigenvalue weighted by molar-refractivity contribution is 7.47. The minimum Gasteiger partial charge on any atom is -0.394 e. The first-order valence-corrected chi connectivity index (χ1v) is 8.07. The van der Waals surface area contributed by atoms with E-state index in [1.165, 1.54) is 10.9 Å². The Kier molecular flexibility index (Phi) is 3.10. The van der Waals surface area contributed by atoms with Crippen LogP contribution in [0, 0.1) is 0 Å². The molecule has 0 aromatic carbocycles. The standard InChI is InChI=1S/C10H12N5O7P/c11-10-13-7-4(8(17)14-10)12-2-15(7)9-6-5(3(1-16)20-9)21-23(18,19)22-6/h2-3,5-6,9,16H,1H2,(H,18,19)(H3,11,13,14,17)/t3-,5-,6-,9-/m1/s1/i1+1,3+1,5+1,6+1,9+1. The molecule has 2 fully saturated rings. The van der Waals surface area contributed by atoms with E-state index < -0.39 is 44.5 Å². The third-order valence-electron chi connectivity index (χ3n) is 3.70. The van der Waals surface area contributed by atoms with Crippen LogP contribution in [0.2, 0.25) is 0 Å². The maximum absolute atomic E-state index is 11.8. The number of fused-ring (bicyclic) bond motifs is 2. The van der Waals surface area contributed by atoms with E-state index in [1.807, 2.05) is 0 Å². The van der Waals surface area contributed by atoms with E-state index in [1.54, 1.807) is 0 Å². The fourth-order valence-electron chi connectivity index (χ4n) is 2.78. The van der Waals surface area contributed by atoms with E-state index in [2.05, 4.69) is 15.0 Å². The Morgan fingerprint density at radius 2 is 2.17 bits per heavy atom. The molecule has 124 valence electrons. The highest BCUT2D eigenvalue weighted by Crippen LogP contribution is 2.58. The van der Waals surface area contributed by atoms with Crippen molar-refractivity contribution in [3.8, 4) is 0 Å². The van der Waals surface area contributed by atoms with Crippen LogP contribution in [0.4, 0.5) is 5.95 Å². The zero-order valence-electron chi connectivity index (χ0n) is 11.4. The maximum Gasteiger partial charge on any atom is 0.473 e. The molecule has 2 aliphatic heterocycles. The number of hydrogen-bond acceptors (Lipinski definition) is 9. The number of imidazole rings is 1. The van der Waals surface area contributed by atoms with Gasteiger partial charge in [-0.2, -0.15) is 4.98 Å². The van der Waals surface area contributed by atoms with Gasteiger partial charge in [0.2, 0.25) is 5.95 Å². The van der Waals surface area contributed by atoms with Gasteiger partial charge in [0.15, 0.2) is 17.4 Å². The summed E-state index contributed by atoms with van der Waals surface area (Å²) in [6, 6.07) is 0. The fourth-order valence-corrected chi connectivity index (χ4v) is 3.92. The van der Waals surface area contributed by atoms with Gasteiger partial charge in [-0.25, -0.2) is 9.55 Å². The molecule has 5 N–H and O–H groups in total. The van der Waals surface area contributed by atoms with E-state index in [0.717, 1.165) is 0 Å². The lowest BCUT2D eigenvalue weighted by molar-refractivity contribution is -0.0589. The topological polar surface area (TPSA) is 175 Å². The van der Waals surface area contributed by atoms with Crippen molar-refractivity contribution in [1.29, 1.82) is 0 Å². The number of nitrogens with two attached hydrogens (primary N) is 1. The Morgan fingerprint density at radius 1 is 1.43 bits per heavy atom. The summed E-state index contributed by atoms with van der Waals surface area (Å²) in [6.45, 7) is -0.441. The molecule has 12 nitrogen and oxygen atoms in total. The van der Waals surface area contributed by atoms with Crippen molar-refractivity contribution in [2.24, 2.45) is 0 Å². The number of aliphatic hydroxyl groups is 1. The van der Waals surface area contributed by atoms with Crippen LogP contribution in [0.25, 0.3) is 11.2 Å². The Labute approximate surface area is 127 Å². The number of rotatable bonds is 2. The molecule has 1 unspecified atom stereocenters. The molecule has 0 radical (unpaired) electrons. The van der Waals surface area contributed by atoms with Crippen molar-refractivity contribution in [3.05, 3.63) is 16.7 Å². The summed E-state index contributed by atoms with van der Waals surface area (Å²) in [6.07, 6.45) is -2.46. The van der Waals surface area contributed by atoms with Gasteiger partial charge in [0, 0.05) is 0 Å². The number of nitrogens with one attached hydrogen (secondary N) is 1. The quantitative estimate of drug-likeness (QED) is 0.367. The van der Waals surface area contributed by atoms with Gasteiger partial charge in [-0.05, 0) is 0 Å². The van der Waals surface area contributed by atoms with E-state index >= 15 is 0 Å². The first-order chi connectivity index (χ1) is 10.9. The van der Waals surface area contributed by atoms with Gasteiger partial charge >= 0.3 is 7.82 Å². The molecule has 0 amide bonds. The fraction of sp³-hybridized carbons (Fsp3) is 0.500. The molecule has 2 aliphatic rings. The van der Waals surface area contributed by atoms with Crippen molar-refractivity contribution in [2.75, 3.05) is 12.3 Å². The number of nitrogens with zero attached hydrogens (tertiary/aromatic N) is 3. The van der Waals surface area contributed by atoms with Crippen molar-refractivity contribution >= 4 is 24.9 Å². The zero-order valence-corrected chi connectivity index (χ0v) is 12.3. The lowest BCUT2D eigenvalue weighted by atomic mass is 10.5. The van der Waals surface area contributed by atoms with Crippen LogP contribution in [0.15, 0.2) is 11.1 Å². The van der Waals surface area contributed by atoms with Crippen LogP contribution < -0.4 is 11.3 Å². The number of phosphoric acid groups is 1. The van der Waals surface area contributed by atoms with Crippen molar-refractivity contribution in [3.63, 3.8) is 0 Å². The highest BCUT2D eigenvalue weighted by Gasteiger charge is 2.57. The maximum atomic E-state index is 11.8. The Balaban J connectivity index is 1.82. The average molecular weight is 350 g/mol. The minimum absolute atomic E-state index is 0.0258. The van der Waals surface area contributed by atoms with Gasteiger partial charge in [-0.1, -0.05) is 0 Å². The summed E-state index contributed by atoms with van der Waals surface area (Å²) in [7, 11) is -4.23. The van der Waals surface area contributed by atoms with Crippen LogP contribution in [0.5, 0.6) is 0 Å². The van der Waals surface area contributed by atoms with Crippen LogP contribution >= 0.6 is 7.82 Å². The van der Waals surface area contributed by atoms with Crippen LogP contribution in [-0.4, -0.2) is 54.4 Å². The third-order valence-corrected chi connectivity index (χ3v) is 4.72. The molecule has 4 rings (SSSR count). The van der Waals surface area contributed by atoms with Crippen molar-refractivity contribution < 1.29 is 28.3 Å². The molecule has 2 aromatic heterocycles. The molecule has 5 atom stereocenters. The molecule has 0 bridgehead atoms. The molecule has 0 saturated carbocycles. The first kappa shape index (κ1) is 14.8.